The second kappa shape index (κ2) is 4.38. The minimum Gasteiger partial charge on any atom is -0.485 e. The minimum absolute atomic E-state index is 0.0834. The number of hydrogen-bond donors (Lipinski definition) is 2. The van der Waals surface area contributed by atoms with E-state index in [1.165, 1.54) is 0 Å². The molecule has 2 aliphatic rings. The number of aliphatic hydroxyl groups excluding tert-OH is 1. The summed E-state index contributed by atoms with van der Waals surface area (Å²) >= 11 is 0. The van der Waals surface area contributed by atoms with Crippen LogP contribution in [-0.4, -0.2) is 34.2 Å². The highest BCUT2D eigenvalue weighted by Gasteiger charge is 2.47. The average molecular weight is 276 g/mol. The Bertz CT molecular complexity index is 556. The summed E-state index contributed by atoms with van der Waals surface area (Å²) in [6.45, 7) is 4.35. The predicted octanol–water partition coefficient (Wildman–Crippen LogP) is 1.46. The van der Waals surface area contributed by atoms with Gasteiger partial charge in [0, 0.05) is 24.2 Å². The number of aliphatic hydroxyl groups is 1. The molecule has 2 atom stereocenters. The van der Waals surface area contributed by atoms with Gasteiger partial charge in [0.25, 0.3) is 0 Å². The highest BCUT2D eigenvalue weighted by molar-refractivity contribution is 5.79. The molecule has 0 aliphatic carbocycles. The van der Waals surface area contributed by atoms with E-state index in [9.17, 15) is 9.90 Å². The quantitative estimate of drug-likeness (QED) is 0.761. The lowest BCUT2D eigenvalue weighted by atomic mass is 9.85. The fourth-order valence-corrected chi connectivity index (χ4v) is 3.09. The van der Waals surface area contributed by atoms with Crippen molar-refractivity contribution in [3.05, 3.63) is 23.8 Å². The third-order valence-electron chi connectivity index (χ3n) is 4.18. The lowest BCUT2D eigenvalue weighted by Gasteiger charge is -2.45. The summed E-state index contributed by atoms with van der Waals surface area (Å²) in [7, 11) is 0. The molecule has 1 aromatic carbocycles. The van der Waals surface area contributed by atoms with Crippen molar-refractivity contribution in [3.8, 4) is 5.75 Å². The highest BCUT2D eigenvalue weighted by Crippen LogP contribution is 2.44. The second-order valence-electron chi connectivity index (χ2n) is 6.08. The summed E-state index contributed by atoms with van der Waals surface area (Å²) in [6.07, 6.45) is 0.599. The van der Waals surface area contributed by atoms with E-state index < -0.39 is 11.7 Å². The van der Waals surface area contributed by atoms with Gasteiger partial charge in [-0.25, -0.2) is 0 Å². The zero-order chi connectivity index (χ0) is 14.5. The minimum atomic E-state index is -0.779. The molecule has 20 heavy (non-hydrogen) atoms. The van der Waals surface area contributed by atoms with E-state index in [-0.39, 0.29) is 11.9 Å². The number of fused-ring (bicyclic) bond motifs is 1. The fourth-order valence-electron chi connectivity index (χ4n) is 3.09. The Morgan fingerprint density at radius 1 is 1.45 bits per heavy atom. The van der Waals surface area contributed by atoms with Gasteiger partial charge in [-0.3, -0.25) is 4.79 Å². The number of amides is 1. The number of ether oxygens (including phenoxy) is 1. The third kappa shape index (κ3) is 1.93. The first-order valence-corrected chi connectivity index (χ1v) is 6.96. The molecule has 1 saturated heterocycles. The molecule has 1 amide bonds. The highest BCUT2D eigenvalue weighted by atomic mass is 16.5. The Kier molecular flexibility index (Phi) is 2.90. The summed E-state index contributed by atoms with van der Waals surface area (Å²) < 4.78 is 5.87. The van der Waals surface area contributed by atoms with E-state index in [0.29, 0.717) is 24.4 Å². The summed E-state index contributed by atoms with van der Waals surface area (Å²) in [5.41, 5.74) is 6.52. The van der Waals surface area contributed by atoms with Crippen LogP contribution in [0.5, 0.6) is 5.75 Å². The number of carbonyl (C=O) groups is 1. The number of nitrogen functional groups attached to an aromatic ring is 1. The third-order valence-corrected chi connectivity index (χ3v) is 4.18. The maximum atomic E-state index is 12.1. The van der Waals surface area contributed by atoms with Crippen LogP contribution in [0.2, 0.25) is 0 Å². The van der Waals surface area contributed by atoms with Gasteiger partial charge in [-0.05, 0) is 38.5 Å². The molecule has 5 nitrogen and oxygen atoms in total. The van der Waals surface area contributed by atoms with Crippen LogP contribution in [0.25, 0.3) is 0 Å². The molecule has 0 radical (unpaired) electrons. The number of nitrogens with zero attached hydrogens (tertiary/aromatic N) is 1. The van der Waals surface area contributed by atoms with Crippen LogP contribution in [0.3, 0.4) is 0 Å². The summed E-state index contributed by atoms with van der Waals surface area (Å²) in [6, 6.07) is 5.00. The van der Waals surface area contributed by atoms with Gasteiger partial charge in [0.15, 0.2) is 0 Å². The smallest absolute Gasteiger partial charge is 0.223 e. The normalized spacial score (nSPS) is 28.1. The standard InChI is InChI=1S/C15H20N2O3/c1-15(2)14(19)13(17-7-3-4-12(17)18)10-8-9(16)5-6-11(10)20-15/h5-6,8,13-14,19H,3-4,7,16H2,1-2H3. The van der Waals surface area contributed by atoms with Crippen molar-refractivity contribution in [2.75, 3.05) is 12.3 Å². The topological polar surface area (TPSA) is 75.8 Å². The molecule has 0 bridgehead atoms. The van der Waals surface area contributed by atoms with Gasteiger partial charge in [-0.1, -0.05) is 0 Å². The maximum Gasteiger partial charge on any atom is 0.223 e. The van der Waals surface area contributed by atoms with Crippen molar-refractivity contribution in [1.29, 1.82) is 0 Å². The summed E-state index contributed by atoms with van der Waals surface area (Å²) in [5.74, 6) is 0.777. The molecule has 108 valence electrons. The Balaban J connectivity index is 2.10. The van der Waals surface area contributed by atoms with E-state index in [2.05, 4.69) is 0 Å². The van der Waals surface area contributed by atoms with Crippen LogP contribution in [-0.2, 0) is 4.79 Å². The van der Waals surface area contributed by atoms with Crippen molar-refractivity contribution in [1.82, 2.24) is 4.90 Å². The monoisotopic (exact) mass is 276 g/mol. The molecule has 0 saturated carbocycles. The van der Waals surface area contributed by atoms with Crippen LogP contribution < -0.4 is 10.5 Å². The van der Waals surface area contributed by atoms with Crippen LogP contribution in [0.15, 0.2) is 18.2 Å². The van der Waals surface area contributed by atoms with Gasteiger partial charge >= 0.3 is 0 Å². The number of nitrogens with two attached hydrogens (primary N) is 1. The molecule has 2 heterocycles. The van der Waals surface area contributed by atoms with Gasteiger partial charge < -0.3 is 20.5 Å². The van der Waals surface area contributed by atoms with Gasteiger partial charge in [0.2, 0.25) is 5.91 Å². The van der Waals surface area contributed by atoms with Crippen molar-refractivity contribution >= 4 is 11.6 Å². The number of hydrogen-bond acceptors (Lipinski definition) is 4. The Morgan fingerprint density at radius 2 is 2.20 bits per heavy atom. The molecule has 0 aromatic heterocycles. The Hall–Kier alpha value is -1.75. The number of carbonyl (C=O) groups excluding carboxylic acids is 1. The largest absolute Gasteiger partial charge is 0.485 e. The first kappa shape index (κ1) is 13.2. The van der Waals surface area contributed by atoms with Crippen LogP contribution in [0.1, 0.15) is 38.3 Å². The van der Waals surface area contributed by atoms with Gasteiger partial charge in [0.1, 0.15) is 17.5 Å². The van der Waals surface area contributed by atoms with Gasteiger partial charge in [0.05, 0.1) is 6.04 Å². The number of anilines is 1. The molecule has 1 fully saturated rings. The van der Waals surface area contributed by atoms with Crippen molar-refractivity contribution in [2.24, 2.45) is 0 Å². The molecular weight excluding hydrogens is 256 g/mol. The number of rotatable bonds is 1. The zero-order valence-electron chi connectivity index (χ0n) is 11.8. The van der Waals surface area contributed by atoms with E-state index in [0.717, 1.165) is 12.0 Å². The van der Waals surface area contributed by atoms with Crippen molar-refractivity contribution < 1.29 is 14.6 Å². The van der Waals surface area contributed by atoms with E-state index in [1.54, 1.807) is 17.0 Å². The molecule has 0 spiro atoms. The molecule has 3 N–H and O–H groups in total. The number of likely N-dealkylation sites (tertiary alicyclic amines) is 1. The van der Waals surface area contributed by atoms with Crippen molar-refractivity contribution in [3.63, 3.8) is 0 Å². The summed E-state index contributed by atoms with van der Waals surface area (Å²) in [4.78, 5) is 13.8. The fraction of sp³-hybridized carbons (Fsp3) is 0.533. The van der Waals surface area contributed by atoms with Gasteiger partial charge in [-0.15, -0.1) is 0 Å². The van der Waals surface area contributed by atoms with Crippen molar-refractivity contribution in [2.45, 2.75) is 44.4 Å². The average Bonchev–Trinajstić information content (AvgIpc) is 2.78. The Morgan fingerprint density at radius 3 is 2.85 bits per heavy atom. The summed E-state index contributed by atoms with van der Waals surface area (Å²) in [5, 5.41) is 10.7. The predicted molar refractivity (Wildman–Crippen MR) is 75.3 cm³/mol. The van der Waals surface area contributed by atoms with Crippen LogP contribution in [0, 0.1) is 0 Å². The molecule has 3 rings (SSSR count). The second-order valence-corrected chi connectivity index (χ2v) is 6.08. The van der Waals surface area contributed by atoms with Gasteiger partial charge in [-0.2, -0.15) is 0 Å². The van der Waals surface area contributed by atoms with E-state index in [1.807, 2.05) is 19.9 Å². The zero-order valence-corrected chi connectivity index (χ0v) is 11.8. The lowest BCUT2D eigenvalue weighted by Crippen LogP contribution is -2.53. The molecule has 5 heteroatoms. The van der Waals surface area contributed by atoms with E-state index in [4.69, 9.17) is 10.5 Å². The lowest BCUT2D eigenvalue weighted by molar-refractivity contribution is -0.139. The van der Waals surface area contributed by atoms with E-state index >= 15 is 0 Å². The molecular formula is C15H20N2O3. The van der Waals surface area contributed by atoms with Crippen LogP contribution >= 0.6 is 0 Å². The first-order valence-electron chi connectivity index (χ1n) is 6.96. The Labute approximate surface area is 118 Å². The SMILES string of the molecule is CC1(C)Oc2ccc(N)cc2C(N2CCCC2=O)C1O. The molecule has 1 aromatic rings. The molecule has 2 unspecified atom stereocenters. The first-order chi connectivity index (χ1) is 9.40. The number of benzene rings is 1. The molecule has 2 aliphatic heterocycles. The maximum absolute atomic E-state index is 12.1. The van der Waals surface area contributed by atoms with Crippen LogP contribution in [0.4, 0.5) is 5.69 Å².